The standard InChI is InChI=1S/C19H25N3O4S2/c1-2-22-16-8-7-15(13-17(16)27-19(22)24)28(25,26)21-11-9-20(10-12-21)18(23)14-5-3-4-6-14/h7-8,13-14H,2-6,9-12H2,1H3. The normalized spacial score (nSPS) is 19.5. The first kappa shape index (κ1) is 19.6. The van der Waals surface area contributed by atoms with E-state index >= 15 is 0 Å². The van der Waals surface area contributed by atoms with Crippen molar-refractivity contribution >= 4 is 37.5 Å². The van der Waals surface area contributed by atoms with Crippen molar-refractivity contribution in [3.8, 4) is 0 Å². The van der Waals surface area contributed by atoms with Crippen molar-refractivity contribution in [3.05, 3.63) is 27.9 Å². The van der Waals surface area contributed by atoms with Crippen LogP contribution in [0.15, 0.2) is 27.9 Å². The Balaban J connectivity index is 1.50. The van der Waals surface area contributed by atoms with Crippen LogP contribution in [-0.2, 0) is 21.4 Å². The highest BCUT2D eigenvalue weighted by Gasteiger charge is 2.33. The molecule has 28 heavy (non-hydrogen) atoms. The molecule has 1 aliphatic carbocycles. The highest BCUT2D eigenvalue weighted by molar-refractivity contribution is 7.89. The molecule has 1 aromatic carbocycles. The number of benzene rings is 1. The predicted octanol–water partition coefficient (Wildman–Crippen LogP) is 2.11. The third-order valence-corrected chi connectivity index (χ3v) is 8.68. The number of carbonyl (C=O) groups excluding carboxylic acids is 1. The van der Waals surface area contributed by atoms with Crippen molar-refractivity contribution in [3.63, 3.8) is 0 Å². The van der Waals surface area contributed by atoms with Gasteiger partial charge in [-0.05, 0) is 38.0 Å². The highest BCUT2D eigenvalue weighted by atomic mass is 32.2. The lowest BCUT2D eigenvalue weighted by atomic mass is 10.1. The van der Waals surface area contributed by atoms with E-state index in [1.165, 1.54) is 4.31 Å². The molecule has 152 valence electrons. The number of amides is 1. The van der Waals surface area contributed by atoms with Gasteiger partial charge in [0.1, 0.15) is 0 Å². The van der Waals surface area contributed by atoms with Gasteiger partial charge in [0.05, 0.1) is 15.1 Å². The molecule has 0 spiro atoms. The minimum atomic E-state index is -3.64. The van der Waals surface area contributed by atoms with Crippen LogP contribution in [0, 0.1) is 5.92 Å². The fourth-order valence-electron chi connectivity index (χ4n) is 4.24. The number of thiazole rings is 1. The third-order valence-electron chi connectivity index (χ3n) is 5.85. The van der Waals surface area contributed by atoms with Crippen molar-refractivity contribution in [2.45, 2.75) is 44.0 Å². The molecule has 0 radical (unpaired) electrons. The number of nitrogens with zero attached hydrogens (tertiary/aromatic N) is 3. The molecule has 0 N–H and O–H groups in total. The van der Waals surface area contributed by atoms with Gasteiger partial charge in [0, 0.05) is 38.6 Å². The molecule has 1 amide bonds. The van der Waals surface area contributed by atoms with Gasteiger partial charge in [-0.25, -0.2) is 8.42 Å². The molecule has 9 heteroatoms. The maximum Gasteiger partial charge on any atom is 0.308 e. The van der Waals surface area contributed by atoms with E-state index in [0.29, 0.717) is 37.4 Å². The summed E-state index contributed by atoms with van der Waals surface area (Å²) in [7, 11) is -3.64. The van der Waals surface area contributed by atoms with Crippen LogP contribution in [0.4, 0.5) is 0 Å². The Hall–Kier alpha value is -1.71. The van der Waals surface area contributed by atoms with E-state index in [1.54, 1.807) is 22.8 Å². The number of rotatable bonds is 4. The zero-order valence-electron chi connectivity index (χ0n) is 16.0. The smallest absolute Gasteiger partial charge is 0.308 e. The van der Waals surface area contributed by atoms with Gasteiger partial charge in [-0.2, -0.15) is 4.31 Å². The van der Waals surface area contributed by atoms with Gasteiger partial charge in [-0.3, -0.25) is 14.2 Å². The molecule has 7 nitrogen and oxygen atoms in total. The molecule has 2 aliphatic rings. The molecular formula is C19H25N3O4S2. The van der Waals surface area contributed by atoms with Crippen LogP contribution in [0.5, 0.6) is 0 Å². The quantitative estimate of drug-likeness (QED) is 0.754. The maximum absolute atomic E-state index is 13.1. The fraction of sp³-hybridized carbons (Fsp3) is 0.579. The second kappa shape index (κ2) is 7.61. The van der Waals surface area contributed by atoms with Gasteiger partial charge in [0.25, 0.3) is 0 Å². The lowest BCUT2D eigenvalue weighted by molar-refractivity contribution is -0.136. The van der Waals surface area contributed by atoms with Gasteiger partial charge in [-0.15, -0.1) is 0 Å². The number of fused-ring (bicyclic) bond motifs is 1. The molecule has 2 fully saturated rings. The van der Waals surface area contributed by atoms with Crippen molar-refractivity contribution in [2.24, 2.45) is 5.92 Å². The maximum atomic E-state index is 13.1. The summed E-state index contributed by atoms with van der Waals surface area (Å²) in [5.41, 5.74) is 0.767. The first-order valence-electron chi connectivity index (χ1n) is 9.84. The SMILES string of the molecule is CCn1c(=O)sc2cc(S(=O)(=O)N3CCN(C(=O)C4CCCC4)CC3)ccc21. The van der Waals surface area contributed by atoms with E-state index in [-0.39, 0.29) is 21.6 Å². The number of aromatic nitrogens is 1. The molecule has 2 heterocycles. The molecule has 1 saturated heterocycles. The summed E-state index contributed by atoms with van der Waals surface area (Å²) >= 11 is 1.07. The second-order valence-corrected chi connectivity index (χ2v) is 10.4. The monoisotopic (exact) mass is 423 g/mol. The second-order valence-electron chi connectivity index (χ2n) is 7.45. The van der Waals surface area contributed by atoms with Crippen molar-refractivity contribution in [2.75, 3.05) is 26.2 Å². The van der Waals surface area contributed by atoms with Gasteiger partial charge < -0.3 is 4.90 Å². The van der Waals surface area contributed by atoms with Crippen LogP contribution >= 0.6 is 11.3 Å². The van der Waals surface area contributed by atoms with Crippen molar-refractivity contribution < 1.29 is 13.2 Å². The molecular weight excluding hydrogens is 398 g/mol. The molecule has 4 rings (SSSR count). The molecule has 0 bridgehead atoms. The Morgan fingerprint density at radius 3 is 2.46 bits per heavy atom. The summed E-state index contributed by atoms with van der Waals surface area (Å²) in [5, 5.41) is 0. The summed E-state index contributed by atoms with van der Waals surface area (Å²) in [6, 6.07) is 4.88. The predicted molar refractivity (Wildman–Crippen MR) is 109 cm³/mol. The molecule has 1 saturated carbocycles. The average molecular weight is 424 g/mol. The summed E-state index contributed by atoms with van der Waals surface area (Å²) < 4.78 is 29.9. The van der Waals surface area contributed by atoms with E-state index in [4.69, 9.17) is 0 Å². The van der Waals surface area contributed by atoms with Gasteiger partial charge in [-0.1, -0.05) is 24.2 Å². The first-order chi connectivity index (χ1) is 13.4. The van der Waals surface area contributed by atoms with Gasteiger partial charge in [0.15, 0.2) is 0 Å². The highest BCUT2D eigenvalue weighted by Crippen LogP contribution is 2.28. The molecule has 1 aromatic heterocycles. The number of hydrogen-bond acceptors (Lipinski definition) is 5. The number of aryl methyl sites for hydroxylation is 1. The Morgan fingerprint density at radius 2 is 1.82 bits per heavy atom. The van der Waals surface area contributed by atoms with Crippen LogP contribution < -0.4 is 4.87 Å². The summed E-state index contributed by atoms with van der Waals surface area (Å²) in [6.07, 6.45) is 4.13. The lowest BCUT2D eigenvalue weighted by Gasteiger charge is -2.35. The van der Waals surface area contributed by atoms with Gasteiger partial charge in [0.2, 0.25) is 15.9 Å². The molecule has 0 atom stereocenters. The average Bonchev–Trinajstić information content (AvgIpc) is 3.34. The van der Waals surface area contributed by atoms with Crippen LogP contribution in [-0.4, -0.2) is 54.3 Å². The zero-order valence-corrected chi connectivity index (χ0v) is 17.6. The first-order valence-corrected chi connectivity index (χ1v) is 12.1. The van der Waals surface area contributed by atoms with Crippen LogP contribution in [0.25, 0.3) is 10.2 Å². The fourth-order valence-corrected chi connectivity index (χ4v) is 6.75. The summed E-state index contributed by atoms with van der Waals surface area (Å²) in [6.45, 7) is 3.95. The topological polar surface area (TPSA) is 79.7 Å². The molecule has 2 aromatic rings. The van der Waals surface area contributed by atoms with Crippen molar-refractivity contribution in [1.29, 1.82) is 0 Å². The minimum Gasteiger partial charge on any atom is -0.340 e. The Bertz CT molecular complexity index is 1040. The number of carbonyl (C=O) groups is 1. The van der Waals surface area contributed by atoms with Crippen LogP contribution in [0.3, 0.4) is 0 Å². The Kier molecular flexibility index (Phi) is 5.32. The van der Waals surface area contributed by atoms with E-state index in [9.17, 15) is 18.0 Å². The van der Waals surface area contributed by atoms with Crippen molar-refractivity contribution in [1.82, 2.24) is 13.8 Å². The van der Waals surface area contributed by atoms with Gasteiger partial charge >= 0.3 is 4.87 Å². The Morgan fingerprint density at radius 1 is 1.14 bits per heavy atom. The zero-order chi connectivity index (χ0) is 19.9. The number of hydrogen-bond donors (Lipinski definition) is 0. The minimum absolute atomic E-state index is 0.0777. The van der Waals surface area contributed by atoms with E-state index in [1.807, 2.05) is 11.8 Å². The summed E-state index contributed by atoms with van der Waals surface area (Å²) in [5.74, 6) is 0.303. The molecule has 1 aliphatic heterocycles. The molecule has 0 unspecified atom stereocenters. The van der Waals surface area contributed by atoms with Crippen LogP contribution in [0.1, 0.15) is 32.6 Å². The van der Waals surface area contributed by atoms with E-state index in [2.05, 4.69) is 0 Å². The number of piperazine rings is 1. The number of sulfonamides is 1. The largest absolute Gasteiger partial charge is 0.340 e. The summed E-state index contributed by atoms with van der Waals surface area (Å²) in [4.78, 5) is 26.5. The van der Waals surface area contributed by atoms with Crippen LogP contribution in [0.2, 0.25) is 0 Å². The lowest BCUT2D eigenvalue weighted by Crippen LogP contribution is -2.51. The van der Waals surface area contributed by atoms with E-state index in [0.717, 1.165) is 42.5 Å². The Labute approximate surface area is 168 Å². The third kappa shape index (κ3) is 3.40. The van der Waals surface area contributed by atoms with E-state index < -0.39 is 10.0 Å².